The number of ether oxygens (including phenoxy) is 1. The summed E-state index contributed by atoms with van der Waals surface area (Å²) in [5.74, 6) is 0.339. The zero-order valence-electron chi connectivity index (χ0n) is 33.6. The van der Waals surface area contributed by atoms with Crippen molar-refractivity contribution in [2.24, 2.45) is 55.7 Å². The van der Waals surface area contributed by atoms with Crippen molar-refractivity contribution in [3.8, 4) is 5.75 Å². The van der Waals surface area contributed by atoms with E-state index < -0.39 is 22.9 Å². The lowest BCUT2D eigenvalue weighted by atomic mass is 9.34. The number of carboxylic acids is 1. The molecule has 5 fully saturated rings. The van der Waals surface area contributed by atoms with Crippen molar-refractivity contribution in [1.29, 1.82) is 0 Å². The molecule has 8 nitrogen and oxygen atoms in total. The molecule has 8 heteroatoms. The Morgan fingerprint density at radius 3 is 2.26 bits per heavy atom. The highest BCUT2D eigenvalue weighted by atomic mass is 16.5. The number of allylic oxidation sites excluding steroid dienone is 1. The first-order chi connectivity index (χ1) is 24.7. The Bertz CT molecular complexity index is 1700. The SMILES string of the molecule is CC(C)C1=C2C3(C)CCC4C(C)(CC[C@@]56CC5(C)C(OC(=O)CC(C)(C)CC(=O)O)CCC46C)C3CCC2(C(O)CNCc2ccc(O)cc2)CC1=O. The summed E-state index contributed by atoms with van der Waals surface area (Å²) in [7, 11) is 0. The second-order valence-corrected chi connectivity index (χ2v) is 20.6. The van der Waals surface area contributed by atoms with Crippen LogP contribution in [0.1, 0.15) is 138 Å². The van der Waals surface area contributed by atoms with E-state index in [9.17, 15) is 29.7 Å². The summed E-state index contributed by atoms with van der Waals surface area (Å²) >= 11 is 0. The van der Waals surface area contributed by atoms with E-state index in [0.29, 0.717) is 31.3 Å². The molecule has 6 aliphatic carbocycles. The normalized spacial score (nSPS) is 40.8. The third-order valence-corrected chi connectivity index (χ3v) is 16.9. The number of aliphatic hydroxyl groups excluding tert-OH is 1. The number of carbonyl (C=O) groups is 3. The molecule has 0 bridgehead atoms. The van der Waals surface area contributed by atoms with E-state index >= 15 is 0 Å². The number of phenolic OH excluding ortho intramolecular Hbond substituents is 1. The number of aromatic hydroxyl groups is 1. The van der Waals surface area contributed by atoms with Gasteiger partial charge in [-0.15, -0.1) is 0 Å². The van der Waals surface area contributed by atoms with Crippen molar-refractivity contribution in [2.45, 2.75) is 151 Å². The largest absolute Gasteiger partial charge is 0.508 e. The summed E-state index contributed by atoms with van der Waals surface area (Å²) in [6.45, 7) is 18.9. The Morgan fingerprint density at radius 2 is 1.60 bits per heavy atom. The number of phenols is 1. The molecule has 0 aliphatic heterocycles. The number of carboxylic acid groups (broad SMARTS) is 1. The van der Waals surface area contributed by atoms with Crippen molar-refractivity contribution in [2.75, 3.05) is 6.54 Å². The molecule has 1 spiro atoms. The zero-order chi connectivity index (χ0) is 38.6. The van der Waals surface area contributed by atoms with Crippen LogP contribution in [0.2, 0.25) is 0 Å². The summed E-state index contributed by atoms with van der Waals surface area (Å²) < 4.78 is 6.29. The quantitative estimate of drug-likeness (QED) is 0.167. The van der Waals surface area contributed by atoms with E-state index in [1.54, 1.807) is 12.1 Å². The number of hydrogen-bond donors (Lipinski definition) is 4. The lowest BCUT2D eigenvalue weighted by molar-refractivity contribution is -0.206. The maximum atomic E-state index is 14.1. The van der Waals surface area contributed by atoms with Crippen LogP contribution >= 0.6 is 0 Å². The minimum absolute atomic E-state index is 0.0614. The van der Waals surface area contributed by atoms with Crippen LogP contribution in [0.3, 0.4) is 0 Å². The van der Waals surface area contributed by atoms with Crippen molar-refractivity contribution in [3.05, 3.63) is 41.0 Å². The Labute approximate surface area is 316 Å². The number of rotatable bonds is 11. The van der Waals surface area contributed by atoms with Crippen molar-refractivity contribution >= 4 is 17.7 Å². The van der Waals surface area contributed by atoms with Gasteiger partial charge in [-0.25, -0.2) is 0 Å². The number of aliphatic hydroxyl groups is 1. The first-order valence-corrected chi connectivity index (χ1v) is 20.5. The Balaban J connectivity index is 1.13. The van der Waals surface area contributed by atoms with E-state index in [0.717, 1.165) is 68.9 Å². The van der Waals surface area contributed by atoms with Gasteiger partial charge in [-0.2, -0.15) is 0 Å². The van der Waals surface area contributed by atoms with Crippen LogP contribution in [-0.2, 0) is 25.7 Å². The Hall–Kier alpha value is -2.71. The van der Waals surface area contributed by atoms with Gasteiger partial charge in [-0.05, 0) is 131 Å². The second-order valence-electron chi connectivity index (χ2n) is 20.6. The summed E-state index contributed by atoms with van der Waals surface area (Å²) in [6, 6.07) is 7.15. The molecule has 5 saturated carbocycles. The van der Waals surface area contributed by atoms with Crippen LogP contribution in [0, 0.1) is 55.7 Å². The van der Waals surface area contributed by atoms with Gasteiger partial charge in [0.05, 0.1) is 18.9 Å². The van der Waals surface area contributed by atoms with Gasteiger partial charge in [0.1, 0.15) is 11.9 Å². The zero-order valence-corrected chi connectivity index (χ0v) is 33.6. The van der Waals surface area contributed by atoms with Gasteiger partial charge >= 0.3 is 11.9 Å². The number of esters is 1. The molecule has 10 atom stereocenters. The molecule has 4 N–H and O–H groups in total. The maximum Gasteiger partial charge on any atom is 0.306 e. The molecule has 53 heavy (non-hydrogen) atoms. The molecule has 292 valence electrons. The van der Waals surface area contributed by atoms with E-state index in [-0.39, 0.29) is 69.4 Å². The maximum absolute atomic E-state index is 14.1. The van der Waals surface area contributed by atoms with Gasteiger partial charge in [0, 0.05) is 30.3 Å². The Kier molecular flexibility index (Phi) is 9.21. The number of carbonyl (C=O) groups excluding carboxylic acids is 2. The van der Waals surface area contributed by atoms with E-state index in [1.165, 1.54) is 5.57 Å². The standard InChI is InChI=1S/C45H65NO7/c1-27(2)37-30(48)21-44(33(49)25-46-24-28-9-11-29(47)12-10-28)18-14-31-40(5)19-20-45-26-43(45,8)34(53-36(52)23-39(3,4)22-35(50)51)15-17-42(45,7)32(40)13-16-41(31,6)38(37)44/h9-12,27,31-34,46-47,49H,13-26H2,1-8H3,(H,50,51)/t31?,32?,33?,34?,40?,41?,42?,43?,44?,45-/m0/s1. The van der Waals surface area contributed by atoms with Crippen LogP contribution in [0.4, 0.5) is 0 Å². The molecule has 0 saturated heterocycles. The first-order valence-electron chi connectivity index (χ1n) is 20.5. The van der Waals surface area contributed by atoms with Crippen molar-refractivity contribution in [3.63, 3.8) is 0 Å². The number of benzene rings is 1. The highest BCUT2D eigenvalue weighted by Crippen LogP contribution is 2.87. The van der Waals surface area contributed by atoms with Crippen LogP contribution in [0.5, 0.6) is 5.75 Å². The summed E-state index contributed by atoms with van der Waals surface area (Å²) in [4.78, 5) is 38.7. The molecule has 1 aromatic carbocycles. The third-order valence-electron chi connectivity index (χ3n) is 16.9. The fourth-order valence-electron chi connectivity index (χ4n) is 14.6. The molecule has 0 amide bonds. The Morgan fingerprint density at radius 1 is 0.925 bits per heavy atom. The average molecular weight is 732 g/mol. The van der Waals surface area contributed by atoms with Gasteiger partial charge in [0.15, 0.2) is 5.78 Å². The number of hydrogen-bond acceptors (Lipinski definition) is 7. The van der Waals surface area contributed by atoms with E-state index in [4.69, 9.17) is 4.74 Å². The van der Waals surface area contributed by atoms with Gasteiger partial charge in [0.2, 0.25) is 0 Å². The minimum atomic E-state index is -0.895. The molecule has 1 aromatic rings. The van der Waals surface area contributed by atoms with Gasteiger partial charge < -0.3 is 25.4 Å². The molecule has 6 aliphatic rings. The molecule has 0 radical (unpaired) electrons. The molecule has 7 rings (SSSR count). The molecular formula is C45H65NO7. The predicted molar refractivity (Wildman–Crippen MR) is 204 cm³/mol. The van der Waals surface area contributed by atoms with Crippen molar-refractivity contribution < 1.29 is 34.4 Å². The number of Topliss-reactive ketones (excluding diaryl/α,β-unsaturated/α-hetero) is 1. The summed E-state index contributed by atoms with van der Waals surface area (Å²) in [6.07, 6.45) is 8.76. The fraction of sp³-hybridized carbons (Fsp3) is 0.756. The number of ketones is 1. The average Bonchev–Trinajstić information content (AvgIpc) is 3.57. The van der Waals surface area contributed by atoms with Gasteiger partial charge in [-0.3, -0.25) is 14.4 Å². The number of nitrogens with one attached hydrogen (secondary N) is 1. The number of aliphatic carboxylic acids is 1. The molecule has 0 heterocycles. The highest BCUT2D eigenvalue weighted by molar-refractivity contribution is 6.01. The van der Waals surface area contributed by atoms with Crippen LogP contribution in [0.25, 0.3) is 0 Å². The lowest BCUT2D eigenvalue weighted by Crippen LogP contribution is -2.64. The number of fused-ring (bicyclic) bond motifs is 6. The highest BCUT2D eigenvalue weighted by Gasteiger charge is 2.82. The topological polar surface area (TPSA) is 133 Å². The first kappa shape index (κ1) is 38.6. The molecular weight excluding hydrogens is 666 g/mol. The van der Waals surface area contributed by atoms with Crippen LogP contribution in [0.15, 0.2) is 35.4 Å². The van der Waals surface area contributed by atoms with Crippen molar-refractivity contribution in [1.82, 2.24) is 5.32 Å². The van der Waals surface area contributed by atoms with E-state index in [2.05, 4.69) is 46.9 Å². The van der Waals surface area contributed by atoms with Crippen LogP contribution < -0.4 is 5.32 Å². The predicted octanol–water partition coefficient (Wildman–Crippen LogP) is 8.38. The summed E-state index contributed by atoms with van der Waals surface area (Å²) in [5.41, 5.74) is 2.20. The fourth-order valence-corrected chi connectivity index (χ4v) is 14.6. The van der Waals surface area contributed by atoms with Gasteiger partial charge in [0.25, 0.3) is 0 Å². The van der Waals surface area contributed by atoms with Gasteiger partial charge in [-0.1, -0.05) is 67.5 Å². The smallest absolute Gasteiger partial charge is 0.306 e. The lowest BCUT2D eigenvalue weighted by Gasteiger charge is -2.70. The van der Waals surface area contributed by atoms with Crippen LogP contribution in [-0.4, -0.2) is 51.8 Å². The monoisotopic (exact) mass is 731 g/mol. The van der Waals surface area contributed by atoms with E-state index in [1.807, 2.05) is 26.0 Å². The summed E-state index contributed by atoms with van der Waals surface area (Å²) in [5, 5.41) is 34.7. The molecule has 0 aromatic heterocycles. The third kappa shape index (κ3) is 5.68. The minimum Gasteiger partial charge on any atom is -0.508 e. The molecule has 9 unspecified atom stereocenters. The second kappa shape index (κ2) is 12.7.